The first-order chi connectivity index (χ1) is 10.2. The Morgan fingerprint density at radius 1 is 1.14 bits per heavy atom. The third-order valence-corrected chi connectivity index (χ3v) is 3.77. The topological polar surface area (TPSA) is 30.5 Å². The molecule has 0 heterocycles. The molecule has 0 fully saturated rings. The van der Waals surface area contributed by atoms with Crippen molar-refractivity contribution in [2.45, 2.75) is 19.6 Å². The zero-order valence-corrected chi connectivity index (χ0v) is 13.3. The van der Waals surface area contributed by atoms with E-state index >= 15 is 0 Å². The maximum Gasteiger partial charge on any atom is 0.138 e. The van der Waals surface area contributed by atoms with E-state index < -0.39 is 0 Å². The van der Waals surface area contributed by atoms with Crippen LogP contribution in [0.5, 0.6) is 11.5 Å². The highest BCUT2D eigenvalue weighted by Gasteiger charge is 2.10. The number of rotatable bonds is 6. The van der Waals surface area contributed by atoms with E-state index in [1.54, 1.807) is 7.11 Å². The van der Waals surface area contributed by atoms with E-state index in [2.05, 4.69) is 24.4 Å². The third kappa shape index (κ3) is 3.90. The van der Waals surface area contributed by atoms with E-state index in [-0.39, 0.29) is 6.04 Å². The lowest BCUT2D eigenvalue weighted by molar-refractivity contribution is 0.296. The summed E-state index contributed by atoms with van der Waals surface area (Å²) < 4.78 is 11.2. The normalized spacial score (nSPS) is 12.0. The van der Waals surface area contributed by atoms with Gasteiger partial charge < -0.3 is 14.8 Å². The molecule has 0 aliphatic rings. The number of ether oxygens (including phenoxy) is 2. The Labute approximate surface area is 130 Å². The highest BCUT2D eigenvalue weighted by Crippen LogP contribution is 2.27. The van der Waals surface area contributed by atoms with Crippen molar-refractivity contribution < 1.29 is 9.47 Å². The van der Waals surface area contributed by atoms with Crippen LogP contribution in [0.1, 0.15) is 24.1 Å². The molecule has 0 amide bonds. The lowest BCUT2D eigenvalue weighted by atomic mass is 10.0. The molecule has 3 nitrogen and oxygen atoms in total. The lowest BCUT2D eigenvalue weighted by Gasteiger charge is -2.16. The largest absolute Gasteiger partial charge is 0.496 e. The van der Waals surface area contributed by atoms with E-state index in [0.717, 1.165) is 11.3 Å². The quantitative estimate of drug-likeness (QED) is 0.867. The minimum absolute atomic E-state index is 0.273. The van der Waals surface area contributed by atoms with Gasteiger partial charge in [0.1, 0.15) is 18.1 Å². The molecular formula is C17H20ClNO2. The van der Waals surface area contributed by atoms with Gasteiger partial charge in [0.05, 0.1) is 12.1 Å². The van der Waals surface area contributed by atoms with Gasteiger partial charge in [0.15, 0.2) is 0 Å². The maximum absolute atomic E-state index is 6.10. The van der Waals surface area contributed by atoms with Gasteiger partial charge in [-0.05, 0) is 43.8 Å². The summed E-state index contributed by atoms with van der Waals surface area (Å²) in [4.78, 5) is 0. The molecule has 4 heteroatoms. The van der Waals surface area contributed by atoms with Crippen LogP contribution in [0, 0.1) is 0 Å². The molecule has 0 aromatic heterocycles. The van der Waals surface area contributed by atoms with Crippen LogP contribution in [0.25, 0.3) is 0 Å². The fraction of sp³-hybridized carbons (Fsp3) is 0.294. The second-order valence-electron chi connectivity index (χ2n) is 4.80. The van der Waals surface area contributed by atoms with E-state index in [1.165, 1.54) is 5.56 Å². The number of benzene rings is 2. The van der Waals surface area contributed by atoms with Crippen LogP contribution in [0.2, 0.25) is 5.02 Å². The molecule has 21 heavy (non-hydrogen) atoms. The van der Waals surface area contributed by atoms with Gasteiger partial charge in [-0.1, -0.05) is 29.8 Å². The SMILES string of the molecule is CNC(C)c1ccc(OC)c(COc2ccccc2Cl)c1. The van der Waals surface area contributed by atoms with E-state index in [9.17, 15) is 0 Å². The molecule has 2 rings (SSSR count). The summed E-state index contributed by atoms with van der Waals surface area (Å²) in [7, 11) is 3.60. The van der Waals surface area contributed by atoms with Crippen LogP contribution < -0.4 is 14.8 Å². The number of halogens is 1. The van der Waals surface area contributed by atoms with Gasteiger partial charge in [-0.2, -0.15) is 0 Å². The minimum atomic E-state index is 0.273. The highest BCUT2D eigenvalue weighted by atomic mass is 35.5. The van der Waals surface area contributed by atoms with Gasteiger partial charge in [-0.15, -0.1) is 0 Å². The summed E-state index contributed by atoms with van der Waals surface area (Å²) in [5.41, 5.74) is 2.19. The van der Waals surface area contributed by atoms with Gasteiger partial charge in [0.25, 0.3) is 0 Å². The van der Waals surface area contributed by atoms with Gasteiger partial charge in [0.2, 0.25) is 0 Å². The smallest absolute Gasteiger partial charge is 0.138 e. The molecule has 1 N–H and O–H groups in total. The maximum atomic E-state index is 6.10. The Kier molecular flexibility index (Phi) is 5.48. The third-order valence-electron chi connectivity index (χ3n) is 3.46. The van der Waals surface area contributed by atoms with E-state index in [4.69, 9.17) is 21.1 Å². The molecule has 2 aromatic rings. The first kappa shape index (κ1) is 15.7. The van der Waals surface area contributed by atoms with Crippen molar-refractivity contribution in [3.63, 3.8) is 0 Å². The molecule has 0 aliphatic heterocycles. The van der Waals surface area contributed by atoms with Gasteiger partial charge >= 0.3 is 0 Å². The van der Waals surface area contributed by atoms with Crippen LogP contribution in [0.3, 0.4) is 0 Å². The standard InChI is InChI=1S/C17H20ClNO2/c1-12(19-2)13-8-9-16(20-3)14(10-13)11-21-17-7-5-4-6-15(17)18/h4-10,12,19H,11H2,1-3H3. The number of methoxy groups -OCH3 is 1. The molecule has 0 bridgehead atoms. The van der Waals surface area contributed by atoms with Gasteiger partial charge in [-0.25, -0.2) is 0 Å². The van der Waals surface area contributed by atoms with Crippen molar-refractivity contribution >= 4 is 11.6 Å². The molecule has 0 aliphatic carbocycles. The number of para-hydroxylation sites is 1. The van der Waals surface area contributed by atoms with Crippen LogP contribution in [0.15, 0.2) is 42.5 Å². The Morgan fingerprint density at radius 2 is 1.90 bits per heavy atom. The van der Waals surface area contributed by atoms with Crippen molar-refractivity contribution in [3.05, 3.63) is 58.6 Å². The van der Waals surface area contributed by atoms with Crippen LogP contribution in [-0.4, -0.2) is 14.2 Å². The monoisotopic (exact) mass is 305 g/mol. The van der Waals surface area contributed by atoms with E-state index in [0.29, 0.717) is 17.4 Å². The van der Waals surface area contributed by atoms with Crippen molar-refractivity contribution in [1.29, 1.82) is 0 Å². The second-order valence-corrected chi connectivity index (χ2v) is 5.21. The van der Waals surface area contributed by atoms with Crippen molar-refractivity contribution in [2.24, 2.45) is 0 Å². The van der Waals surface area contributed by atoms with Crippen LogP contribution >= 0.6 is 11.6 Å². The van der Waals surface area contributed by atoms with Gasteiger partial charge in [0, 0.05) is 11.6 Å². The van der Waals surface area contributed by atoms with Gasteiger partial charge in [-0.3, -0.25) is 0 Å². The van der Waals surface area contributed by atoms with Crippen molar-refractivity contribution in [3.8, 4) is 11.5 Å². The fourth-order valence-electron chi connectivity index (χ4n) is 2.06. The molecule has 112 valence electrons. The summed E-state index contributed by atoms with van der Waals surface area (Å²) in [5, 5.41) is 3.83. The van der Waals surface area contributed by atoms with Crippen molar-refractivity contribution in [1.82, 2.24) is 5.32 Å². The average molecular weight is 306 g/mol. The second kappa shape index (κ2) is 7.34. The molecule has 0 saturated carbocycles. The molecular weight excluding hydrogens is 286 g/mol. The van der Waals surface area contributed by atoms with Crippen LogP contribution in [-0.2, 0) is 6.61 Å². The first-order valence-corrected chi connectivity index (χ1v) is 7.25. The Bertz CT molecular complexity index is 601. The molecule has 0 spiro atoms. The van der Waals surface area contributed by atoms with Crippen molar-refractivity contribution in [2.75, 3.05) is 14.2 Å². The molecule has 0 radical (unpaired) electrons. The predicted octanol–water partition coefficient (Wildman–Crippen LogP) is 4.21. The average Bonchev–Trinajstić information content (AvgIpc) is 2.53. The number of hydrogen-bond acceptors (Lipinski definition) is 3. The molecule has 0 saturated heterocycles. The Hall–Kier alpha value is -1.71. The highest BCUT2D eigenvalue weighted by molar-refractivity contribution is 6.32. The number of hydrogen-bond donors (Lipinski definition) is 1. The van der Waals surface area contributed by atoms with Crippen LogP contribution in [0.4, 0.5) is 0 Å². The molecule has 2 aromatic carbocycles. The summed E-state index contributed by atoms with van der Waals surface area (Å²) in [6, 6.07) is 13.8. The summed E-state index contributed by atoms with van der Waals surface area (Å²) in [5.74, 6) is 1.49. The zero-order chi connectivity index (χ0) is 15.2. The zero-order valence-electron chi connectivity index (χ0n) is 12.5. The lowest BCUT2D eigenvalue weighted by Crippen LogP contribution is -2.13. The summed E-state index contributed by atoms with van der Waals surface area (Å²) in [6.07, 6.45) is 0. The molecule has 1 atom stereocenters. The van der Waals surface area contributed by atoms with E-state index in [1.807, 2.05) is 37.4 Å². The summed E-state index contributed by atoms with van der Waals surface area (Å²) >= 11 is 6.10. The fourth-order valence-corrected chi connectivity index (χ4v) is 2.25. The predicted molar refractivity (Wildman–Crippen MR) is 86.3 cm³/mol. The number of nitrogens with one attached hydrogen (secondary N) is 1. The minimum Gasteiger partial charge on any atom is -0.496 e. The Morgan fingerprint density at radius 3 is 2.57 bits per heavy atom. The summed E-state index contributed by atoms with van der Waals surface area (Å²) in [6.45, 7) is 2.53. The molecule has 1 unspecified atom stereocenters. The first-order valence-electron chi connectivity index (χ1n) is 6.87. The Balaban J connectivity index is 2.19.